The fourth-order valence-electron chi connectivity index (χ4n) is 1.86. The summed E-state index contributed by atoms with van der Waals surface area (Å²) in [4.78, 5) is 19.9. The first-order valence-corrected chi connectivity index (χ1v) is 6.63. The van der Waals surface area contributed by atoms with E-state index in [0.717, 1.165) is 28.3 Å². The molecule has 1 aromatic heterocycles. The highest BCUT2D eigenvalue weighted by molar-refractivity contribution is 7.99. The van der Waals surface area contributed by atoms with E-state index in [9.17, 15) is 4.79 Å². The van der Waals surface area contributed by atoms with Crippen molar-refractivity contribution in [1.82, 2.24) is 9.97 Å². The summed E-state index contributed by atoms with van der Waals surface area (Å²) >= 11 is 7.66. The molecule has 17 heavy (non-hydrogen) atoms. The Morgan fingerprint density at radius 3 is 3.00 bits per heavy atom. The first kappa shape index (κ1) is 10.9. The first-order chi connectivity index (χ1) is 8.25. The van der Waals surface area contributed by atoms with E-state index in [1.54, 1.807) is 17.8 Å². The highest BCUT2D eigenvalue weighted by Gasteiger charge is 2.18. The van der Waals surface area contributed by atoms with Crippen LogP contribution < -0.4 is 5.56 Å². The summed E-state index contributed by atoms with van der Waals surface area (Å²) in [5, 5.41) is 0.598. The van der Waals surface area contributed by atoms with Crippen molar-refractivity contribution in [3.8, 4) is 11.4 Å². The standard InChI is InChI=1S/C12H9ClN2OS/c13-8-4-2-1-3-7(8)11-14-9-5-6-17-10(9)12(16)15-11/h1-4H,5-6H2,(H,14,15,16). The molecule has 0 saturated carbocycles. The minimum absolute atomic E-state index is 0.0626. The molecular weight excluding hydrogens is 256 g/mol. The Kier molecular flexibility index (Phi) is 2.68. The third kappa shape index (κ3) is 1.87. The van der Waals surface area contributed by atoms with Crippen molar-refractivity contribution in [2.24, 2.45) is 0 Å². The summed E-state index contributed by atoms with van der Waals surface area (Å²) in [6.07, 6.45) is 0.849. The SMILES string of the molecule is O=c1[nH]c(-c2ccccc2Cl)nc2c1SCC2. The van der Waals surface area contributed by atoms with E-state index < -0.39 is 0 Å². The van der Waals surface area contributed by atoms with Crippen molar-refractivity contribution < 1.29 is 0 Å². The van der Waals surface area contributed by atoms with Crippen molar-refractivity contribution in [3.05, 3.63) is 45.3 Å². The molecule has 1 aromatic carbocycles. The summed E-state index contributed by atoms with van der Waals surface area (Å²) in [5.74, 6) is 1.49. The Morgan fingerprint density at radius 2 is 2.18 bits per heavy atom. The lowest BCUT2D eigenvalue weighted by Crippen LogP contribution is -2.12. The van der Waals surface area contributed by atoms with Gasteiger partial charge in [-0.2, -0.15) is 0 Å². The number of aromatic amines is 1. The summed E-state index contributed by atoms with van der Waals surface area (Å²) < 4.78 is 0. The third-order valence-electron chi connectivity index (χ3n) is 2.66. The number of H-pyrrole nitrogens is 1. The van der Waals surface area contributed by atoms with Crippen molar-refractivity contribution >= 4 is 23.4 Å². The number of hydrogen-bond acceptors (Lipinski definition) is 3. The molecular formula is C12H9ClN2OS. The number of nitrogens with zero attached hydrogens (tertiary/aromatic N) is 1. The molecule has 1 aliphatic rings. The number of thioether (sulfide) groups is 1. The smallest absolute Gasteiger partial charge is 0.265 e. The molecule has 0 bridgehead atoms. The largest absolute Gasteiger partial charge is 0.305 e. The molecule has 0 fully saturated rings. The molecule has 1 N–H and O–H groups in total. The molecule has 0 spiro atoms. The van der Waals surface area contributed by atoms with Gasteiger partial charge in [-0.05, 0) is 12.1 Å². The minimum Gasteiger partial charge on any atom is -0.305 e. The van der Waals surface area contributed by atoms with Crippen molar-refractivity contribution in [2.45, 2.75) is 11.3 Å². The van der Waals surface area contributed by atoms with Gasteiger partial charge in [0.05, 0.1) is 15.6 Å². The first-order valence-electron chi connectivity index (χ1n) is 5.26. The van der Waals surface area contributed by atoms with Crippen LogP contribution in [0.1, 0.15) is 5.69 Å². The van der Waals surface area contributed by atoms with Crippen molar-refractivity contribution in [2.75, 3.05) is 5.75 Å². The number of halogens is 1. The van der Waals surface area contributed by atoms with E-state index in [0.29, 0.717) is 10.8 Å². The van der Waals surface area contributed by atoms with Crippen LogP contribution in [0, 0.1) is 0 Å². The van der Waals surface area contributed by atoms with E-state index in [4.69, 9.17) is 11.6 Å². The van der Waals surface area contributed by atoms with Crippen LogP contribution in [0.2, 0.25) is 5.02 Å². The molecule has 0 saturated heterocycles. The second-order valence-corrected chi connectivity index (χ2v) is 5.28. The van der Waals surface area contributed by atoms with Crippen LogP contribution in [0.15, 0.2) is 34.0 Å². The topological polar surface area (TPSA) is 45.8 Å². The van der Waals surface area contributed by atoms with E-state index in [-0.39, 0.29) is 5.56 Å². The second kappa shape index (κ2) is 4.20. The number of fused-ring (bicyclic) bond motifs is 1. The Morgan fingerprint density at radius 1 is 1.35 bits per heavy atom. The predicted octanol–water partition coefficient (Wildman–Crippen LogP) is 2.74. The molecule has 3 rings (SSSR count). The normalized spacial score (nSPS) is 13.7. The van der Waals surface area contributed by atoms with Crippen LogP contribution in [-0.2, 0) is 6.42 Å². The summed E-state index contributed by atoms with van der Waals surface area (Å²) in [6, 6.07) is 7.38. The molecule has 86 valence electrons. The average Bonchev–Trinajstić information content (AvgIpc) is 2.78. The van der Waals surface area contributed by atoms with Crippen LogP contribution in [0.4, 0.5) is 0 Å². The van der Waals surface area contributed by atoms with Crippen molar-refractivity contribution in [1.29, 1.82) is 0 Å². The van der Waals surface area contributed by atoms with Gasteiger partial charge in [0.1, 0.15) is 5.82 Å². The summed E-state index contributed by atoms with van der Waals surface area (Å²) in [7, 11) is 0. The van der Waals surface area contributed by atoms with Crippen LogP contribution in [0.5, 0.6) is 0 Å². The van der Waals surface area contributed by atoms with E-state index in [1.807, 2.05) is 18.2 Å². The molecule has 5 heteroatoms. The fourth-order valence-corrected chi connectivity index (χ4v) is 3.08. The summed E-state index contributed by atoms with van der Waals surface area (Å²) in [5.41, 5.74) is 1.59. The molecule has 0 amide bonds. The molecule has 3 nitrogen and oxygen atoms in total. The predicted molar refractivity (Wildman–Crippen MR) is 69.7 cm³/mol. The van der Waals surface area contributed by atoms with Gasteiger partial charge in [0.15, 0.2) is 0 Å². The second-order valence-electron chi connectivity index (χ2n) is 3.77. The number of rotatable bonds is 1. The zero-order valence-corrected chi connectivity index (χ0v) is 10.4. The average molecular weight is 265 g/mol. The quantitative estimate of drug-likeness (QED) is 0.861. The van der Waals surface area contributed by atoms with E-state index in [1.165, 1.54) is 0 Å². The number of hydrogen-bond donors (Lipinski definition) is 1. The van der Waals surface area contributed by atoms with Crippen LogP contribution in [-0.4, -0.2) is 15.7 Å². The number of aryl methyl sites for hydroxylation is 1. The molecule has 0 unspecified atom stereocenters. The van der Waals surface area contributed by atoms with Gasteiger partial charge in [-0.15, -0.1) is 11.8 Å². The van der Waals surface area contributed by atoms with Gasteiger partial charge in [-0.25, -0.2) is 4.98 Å². The summed E-state index contributed by atoms with van der Waals surface area (Å²) in [6.45, 7) is 0. The van der Waals surface area contributed by atoms with Gasteiger partial charge in [-0.1, -0.05) is 23.7 Å². The van der Waals surface area contributed by atoms with Gasteiger partial charge in [-0.3, -0.25) is 4.79 Å². The Bertz CT molecular complexity index is 639. The molecule has 2 heterocycles. The Labute approximate surface area is 107 Å². The van der Waals surface area contributed by atoms with E-state index in [2.05, 4.69) is 9.97 Å². The zero-order valence-electron chi connectivity index (χ0n) is 8.87. The lowest BCUT2D eigenvalue weighted by molar-refractivity contribution is 0.954. The maximum atomic E-state index is 11.9. The van der Waals surface area contributed by atoms with Crippen LogP contribution >= 0.6 is 23.4 Å². The molecule has 0 atom stereocenters. The van der Waals surface area contributed by atoms with Gasteiger partial charge < -0.3 is 4.98 Å². The fraction of sp³-hybridized carbons (Fsp3) is 0.167. The van der Waals surface area contributed by atoms with Gasteiger partial charge >= 0.3 is 0 Å². The monoisotopic (exact) mass is 264 g/mol. The highest BCUT2D eigenvalue weighted by atomic mass is 35.5. The maximum Gasteiger partial charge on any atom is 0.265 e. The third-order valence-corrected chi connectivity index (χ3v) is 4.11. The number of aromatic nitrogens is 2. The molecule has 2 aromatic rings. The molecule has 1 aliphatic heterocycles. The van der Waals surface area contributed by atoms with Gasteiger partial charge in [0.25, 0.3) is 5.56 Å². The van der Waals surface area contributed by atoms with Crippen LogP contribution in [0.3, 0.4) is 0 Å². The Balaban J connectivity index is 2.20. The molecule has 0 aliphatic carbocycles. The van der Waals surface area contributed by atoms with Crippen molar-refractivity contribution in [3.63, 3.8) is 0 Å². The van der Waals surface area contributed by atoms with Crippen LogP contribution in [0.25, 0.3) is 11.4 Å². The molecule has 0 radical (unpaired) electrons. The maximum absolute atomic E-state index is 11.9. The van der Waals surface area contributed by atoms with Gasteiger partial charge in [0.2, 0.25) is 0 Å². The number of benzene rings is 1. The zero-order chi connectivity index (χ0) is 11.8. The van der Waals surface area contributed by atoms with E-state index >= 15 is 0 Å². The minimum atomic E-state index is -0.0626. The number of nitrogens with one attached hydrogen (secondary N) is 1. The lowest BCUT2D eigenvalue weighted by Gasteiger charge is -2.05. The Hall–Kier alpha value is -1.26. The lowest BCUT2D eigenvalue weighted by atomic mass is 10.2. The highest BCUT2D eigenvalue weighted by Crippen LogP contribution is 2.29. The van der Waals surface area contributed by atoms with Gasteiger partial charge in [0, 0.05) is 17.7 Å².